The molecule has 0 unspecified atom stereocenters. The van der Waals surface area contributed by atoms with Crippen LogP contribution in [0.1, 0.15) is 11.1 Å². The number of nitrogens with one attached hydrogen (secondary N) is 1. The van der Waals surface area contributed by atoms with E-state index in [0.717, 1.165) is 46.4 Å². The van der Waals surface area contributed by atoms with Crippen LogP contribution in [-0.4, -0.2) is 56.1 Å². The van der Waals surface area contributed by atoms with Crippen molar-refractivity contribution in [3.63, 3.8) is 0 Å². The maximum absolute atomic E-state index is 13.5. The number of benzene rings is 2. The number of hydrogen-bond acceptors (Lipinski definition) is 4. The number of ether oxygens (including phenoxy) is 1. The van der Waals surface area contributed by atoms with Crippen LogP contribution < -0.4 is 15.4 Å². The number of rotatable bonds is 6. The van der Waals surface area contributed by atoms with Crippen molar-refractivity contribution in [2.75, 3.05) is 39.2 Å². The predicted molar refractivity (Wildman–Crippen MR) is 121 cm³/mol. The number of fused-ring (bicyclic) bond motifs is 2. The number of carbonyl (C=O) groups excluding carboxylic acids is 1. The summed E-state index contributed by atoms with van der Waals surface area (Å²) in [5.74, 6) is 1.13. The summed E-state index contributed by atoms with van der Waals surface area (Å²) in [6.07, 6.45) is 3.39. The van der Waals surface area contributed by atoms with Crippen molar-refractivity contribution in [1.29, 1.82) is 0 Å². The Morgan fingerprint density at radius 1 is 1.30 bits per heavy atom. The van der Waals surface area contributed by atoms with Gasteiger partial charge in [-0.15, -0.1) is 0 Å². The molecule has 1 aliphatic heterocycles. The van der Waals surface area contributed by atoms with E-state index in [1.165, 1.54) is 0 Å². The van der Waals surface area contributed by atoms with Gasteiger partial charge in [0.25, 0.3) is 0 Å². The molecule has 1 amide bonds. The summed E-state index contributed by atoms with van der Waals surface area (Å²) in [4.78, 5) is 20.8. The SMILES string of the molecule is COc1ccc2c(c1)C[C@H](CN(C)C)CN2C(=O)[C@H](N)Cc1c[nH]c2ccccc12. The fourth-order valence-corrected chi connectivity index (χ4v) is 4.52. The van der Waals surface area contributed by atoms with E-state index >= 15 is 0 Å². The van der Waals surface area contributed by atoms with Gasteiger partial charge >= 0.3 is 0 Å². The van der Waals surface area contributed by atoms with Gasteiger partial charge in [-0.2, -0.15) is 0 Å². The van der Waals surface area contributed by atoms with Gasteiger partial charge in [-0.1, -0.05) is 18.2 Å². The second-order valence-corrected chi connectivity index (χ2v) is 8.45. The number of hydrogen-bond donors (Lipinski definition) is 2. The van der Waals surface area contributed by atoms with E-state index < -0.39 is 6.04 Å². The third-order valence-electron chi connectivity index (χ3n) is 5.85. The number of anilines is 1. The van der Waals surface area contributed by atoms with Crippen LogP contribution in [0.2, 0.25) is 0 Å². The second-order valence-electron chi connectivity index (χ2n) is 8.45. The van der Waals surface area contributed by atoms with E-state index in [1.54, 1.807) is 7.11 Å². The molecule has 0 spiro atoms. The molecule has 0 saturated heterocycles. The normalized spacial score (nSPS) is 17.2. The highest BCUT2D eigenvalue weighted by molar-refractivity contribution is 5.99. The largest absolute Gasteiger partial charge is 0.497 e. The summed E-state index contributed by atoms with van der Waals surface area (Å²) in [6, 6.07) is 13.4. The molecule has 6 nitrogen and oxygen atoms in total. The molecular formula is C24H30N4O2. The van der Waals surface area contributed by atoms with Gasteiger partial charge in [0.15, 0.2) is 0 Å². The van der Waals surface area contributed by atoms with Gasteiger partial charge < -0.3 is 25.3 Å². The van der Waals surface area contributed by atoms with Gasteiger partial charge in [-0.05, 0) is 68.2 Å². The first-order valence-corrected chi connectivity index (χ1v) is 10.4. The van der Waals surface area contributed by atoms with Crippen molar-refractivity contribution in [2.24, 2.45) is 11.7 Å². The molecule has 0 saturated carbocycles. The van der Waals surface area contributed by atoms with Crippen LogP contribution in [0.4, 0.5) is 5.69 Å². The highest BCUT2D eigenvalue weighted by atomic mass is 16.5. The Morgan fingerprint density at radius 3 is 2.87 bits per heavy atom. The minimum atomic E-state index is -0.600. The minimum absolute atomic E-state index is 0.0323. The van der Waals surface area contributed by atoms with Crippen LogP contribution in [0.25, 0.3) is 10.9 Å². The standard InChI is InChI=1S/C24H30N4O2/c1-27(2)14-16-10-17-11-19(30-3)8-9-23(17)28(15-16)24(29)21(25)12-18-13-26-22-7-5-4-6-20(18)22/h4-9,11,13,16,21,26H,10,12,14-15,25H2,1-3H3/t16-,21-/m1/s1. The molecule has 0 radical (unpaired) electrons. The first-order valence-electron chi connectivity index (χ1n) is 10.4. The fourth-order valence-electron chi connectivity index (χ4n) is 4.52. The van der Waals surface area contributed by atoms with Crippen molar-refractivity contribution >= 4 is 22.5 Å². The first kappa shape index (κ1) is 20.4. The molecule has 30 heavy (non-hydrogen) atoms. The Morgan fingerprint density at radius 2 is 2.10 bits per heavy atom. The average Bonchev–Trinajstić information content (AvgIpc) is 3.14. The zero-order valence-electron chi connectivity index (χ0n) is 17.9. The Bertz CT molecular complexity index is 1040. The first-order chi connectivity index (χ1) is 14.5. The lowest BCUT2D eigenvalue weighted by Crippen LogP contribution is -2.50. The van der Waals surface area contributed by atoms with Crippen molar-refractivity contribution in [3.8, 4) is 5.75 Å². The molecule has 0 fully saturated rings. The highest BCUT2D eigenvalue weighted by Gasteiger charge is 2.32. The summed E-state index contributed by atoms with van der Waals surface area (Å²) in [7, 11) is 5.80. The number of amides is 1. The molecule has 3 N–H and O–H groups in total. The summed E-state index contributed by atoms with van der Waals surface area (Å²) >= 11 is 0. The molecular weight excluding hydrogens is 376 g/mol. The topological polar surface area (TPSA) is 74.6 Å². The summed E-state index contributed by atoms with van der Waals surface area (Å²) in [5, 5.41) is 1.12. The van der Waals surface area contributed by atoms with E-state index in [1.807, 2.05) is 47.5 Å². The zero-order chi connectivity index (χ0) is 21.3. The van der Waals surface area contributed by atoms with Gasteiger partial charge in [0.05, 0.1) is 13.2 Å². The number of aromatic nitrogens is 1. The quantitative estimate of drug-likeness (QED) is 0.660. The third kappa shape index (κ3) is 4.06. The number of nitrogens with two attached hydrogens (primary N) is 1. The fraction of sp³-hybridized carbons (Fsp3) is 0.375. The van der Waals surface area contributed by atoms with Crippen LogP contribution in [0.3, 0.4) is 0 Å². The number of methoxy groups -OCH3 is 1. The lowest BCUT2D eigenvalue weighted by atomic mass is 9.91. The summed E-state index contributed by atoms with van der Waals surface area (Å²) in [5.41, 5.74) is 10.7. The average molecular weight is 407 g/mol. The van der Waals surface area contributed by atoms with E-state index in [-0.39, 0.29) is 5.91 Å². The van der Waals surface area contributed by atoms with Crippen molar-refractivity contribution in [2.45, 2.75) is 18.9 Å². The lowest BCUT2D eigenvalue weighted by molar-refractivity contribution is -0.120. The van der Waals surface area contributed by atoms with E-state index in [2.05, 4.69) is 30.0 Å². The molecule has 4 rings (SSSR count). The molecule has 2 atom stereocenters. The van der Waals surface area contributed by atoms with Gasteiger partial charge in [0, 0.05) is 35.9 Å². The smallest absolute Gasteiger partial charge is 0.244 e. The molecule has 0 aliphatic carbocycles. The van der Waals surface area contributed by atoms with Crippen molar-refractivity contribution < 1.29 is 9.53 Å². The summed E-state index contributed by atoms with van der Waals surface area (Å²) in [6.45, 7) is 1.59. The van der Waals surface area contributed by atoms with Crippen LogP contribution >= 0.6 is 0 Å². The third-order valence-corrected chi connectivity index (χ3v) is 5.85. The van der Waals surface area contributed by atoms with Crippen molar-refractivity contribution in [1.82, 2.24) is 9.88 Å². The van der Waals surface area contributed by atoms with E-state index in [0.29, 0.717) is 18.9 Å². The predicted octanol–water partition coefficient (Wildman–Crippen LogP) is 2.81. The zero-order valence-corrected chi connectivity index (χ0v) is 17.9. The molecule has 2 heterocycles. The molecule has 3 aromatic rings. The summed E-state index contributed by atoms with van der Waals surface area (Å²) < 4.78 is 5.41. The van der Waals surface area contributed by atoms with E-state index in [9.17, 15) is 4.79 Å². The molecule has 158 valence electrons. The molecule has 0 bridgehead atoms. The van der Waals surface area contributed by atoms with Gasteiger partial charge in [-0.3, -0.25) is 4.79 Å². The lowest BCUT2D eigenvalue weighted by Gasteiger charge is -2.37. The Balaban J connectivity index is 1.59. The molecule has 2 aromatic carbocycles. The molecule has 6 heteroatoms. The number of nitrogens with zero attached hydrogens (tertiary/aromatic N) is 2. The Labute approximate surface area is 177 Å². The maximum atomic E-state index is 13.5. The molecule has 1 aromatic heterocycles. The van der Waals surface area contributed by atoms with Crippen LogP contribution in [0.15, 0.2) is 48.7 Å². The minimum Gasteiger partial charge on any atom is -0.497 e. The van der Waals surface area contributed by atoms with Crippen LogP contribution in [0, 0.1) is 5.92 Å². The monoisotopic (exact) mass is 406 g/mol. The highest BCUT2D eigenvalue weighted by Crippen LogP contribution is 2.33. The molecule has 1 aliphatic rings. The van der Waals surface area contributed by atoms with Crippen LogP contribution in [-0.2, 0) is 17.6 Å². The van der Waals surface area contributed by atoms with Gasteiger partial charge in [0.2, 0.25) is 5.91 Å². The Kier molecular flexibility index (Phi) is 5.79. The number of H-pyrrole nitrogens is 1. The van der Waals surface area contributed by atoms with Gasteiger partial charge in [-0.25, -0.2) is 0 Å². The number of carbonyl (C=O) groups is 1. The van der Waals surface area contributed by atoms with E-state index in [4.69, 9.17) is 10.5 Å². The van der Waals surface area contributed by atoms with Crippen molar-refractivity contribution in [3.05, 3.63) is 59.8 Å². The van der Waals surface area contributed by atoms with Crippen LogP contribution in [0.5, 0.6) is 5.75 Å². The van der Waals surface area contributed by atoms with Gasteiger partial charge in [0.1, 0.15) is 5.75 Å². The number of para-hydroxylation sites is 1. The second kappa shape index (κ2) is 8.50. The number of aromatic amines is 1. The Hall–Kier alpha value is -2.83. The maximum Gasteiger partial charge on any atom is 0.244 e.